The number of hydrogen-bond acceptors (Lipinski definition) is 2. The quantitative estimate of drug-likeness (QED) is 0.698. The summed E-state index contributed by atoms with van der Waals surface area (Å²) in [7, 11) is 0. The van der Waals surface area contributed by atoms with Gasteiger partial charge in [0.05, 0.1) is 6.04 Å². The van der Waals surface area contributed by atoms with Crippen LogP contribution in [0.4, 0.5) is 0 Å². The van der Waals surface area contributed by atoms with E-state index in [1.165, 1.54) is 0 Å². The molecule has 0 aliphatic carbocycles. The molecule has 3 nitrogen and oxygen atoms in total. The van der Waals surface area contributed by atoms with Gasteiger partial charge < -0.3 is 10.1 Å². The Morgan fingerprint density at radius 2 is 1.64 bits per heavy atom. The zero-order valence-electron chi connectivity index (χ0n) is 14.6. The van der Waals surface area contributed by atoms with Crippen LogP contribution in [-0.2, 0) is 4.79 Å². The van der Waals surface area contributed by atoms with E-state index in [1.807, 2.05) is 80.6 Å². The van der Waals surface area contributed by atoms with Crippen LogP contribution < -0.4 is 10.1 Å². The van der Waals surface area contributed by atoms with Gasteiger partial charge in [-0.2, -0.15) is 0 Å². The number of hydrogen-bond donors (Lipinski definition) is 1. The van der Waals surface area contributed by atoms with Gasteiger partial charge in [0.1, 0.15) is 5.75 Å². The molecule has 0 aliphatic rings. The molecule has 0 aliphatic heterocycles. The molecule has 0 fully saturated rings. The van der Waals surface area contributed by atoms with Gasteiger partial charge in [-0.25, -0.2) is 0 Å². The van der Waals surface area contributed by atoms with Crippen LogP contribution in [-0.4, -0.2) is 12.0 Å². The molecule has 0 heterocycles. The van der Waals surface area contributed by atoms with Gasteiger partial charge in [-0.1, -0.05) is 67.6 Å². The number of benzene rings is 3. The standard InChI is InChI=1S/C22H23NO2/c1-3-21(22(24)23-16(2)17-9-5-4-6-10-17)25-20-14-13-18-11-7-8-12-19(18)15-20/h4-16,21H,3H2,1-2H3,(H,23,24)/t16-,21?/m1/s1. The van der Waals surface area contributed by atoms with Crippen molar-refractivity contribution in [2.24, 2.45) is 0 Å². The fourth-order valence-electron chi connectivity index (χ4n) is 2.86. The fourth-order valence-corrected chi connectivity index (χ4v) is 2.86. The van der Waals surface area contributed by atoms with Gasteiger partial charge in [-0.05, 0) is 41.8 Å². The SMILES string of the molecule is CCC(Oc1ccc2ccccc2c1)C(=O)N[C@H](C)c1ccccc1. The van der Waals surface area contributed by atoms with Crippen LogP contribution in [0, 0.1) is 0 Å². The van der Waals surface area contributed by atoms with E-state index in [-0.39, 0.29) is 11.9 Å². The first-order valence-electron chi connectivity index (χ1n) is 8.68. The number of nitrogens with one attached hydrogen (secondary N) is 1. The van der Waals surface area contributed by atoms with Gasteiger partial charge in [0.15, 0.2) is 6.10 Å². The van der Waals surface area contributed by atoms with Crippen LogP contribution in [0.2, 0.25) is 0 Å². The highest BCUT2D eigenvalue weighted by Crippen LogP contribution is 2.22. The van der Waals surface area contributed by atoms with E-state index in [2.05, 4.69) is 11.4 Å². The Morgan fingerprint density at radius 1 is 0.960 bits per heavy atom. The Hall–Kier alpha value is -2.81. The van der Waals surface area contributed by atoms with E-state index < -0.39 is 6.10 Å². The van der Waals surface area contributed by atoms with Gasteiger partial charge in [0.25, 0.3) is 5.91 Å². The van der Waals surface area contributed by atoms with Crippen molar-refractivity contribution in [3.05, 3.63) is 78.4 Å². The molecule has 0 saturated carbocycles. The largest absolute Gasteiger partial charge is 0.481 e. The first-order valence-corrected chi connectivity index (χ1v) is 8.68. The average Bonchev–Trinajstić information content (AvgIpc) is 2.66. The third-order valence-corrected chi connectivity index (χ3v) is 4.32. The summed E-state index contributed by atoms with van der Waals surface area (Å²) in [6.45, 7) is 3.94. The molecule has 128 valence electrons. The molecule has 1 unspecified atom stereocenters. The molecule has 3 rings (SSSR count). The minimum atomic E-state index is -0.507. The number of amides is 1. The molecular weight excluding hydrogens is 310 g/mol. The fraction of sp³-hybridized carbons (Fsp3) is 0.227. The Labute approximate surface area is 148 Å². The second kappa shape index (κ2) is 7.84. The lowest BCUT2D eigenvalue weighted by Gasteiger charge is -2.21. The third-order valence-electron chi connectivity index (χ3n) is 4.32. The second-order valence-electron chi connectivity index (χ2n) is 6.16. The van der Waals surface area contributed by atoms with E-state index in [4.69, 9.17) is 4.74 Å². The second-order valence-corrected chi connectivity index (χ2v) is 6.16. The van der Waals surface area contributed by atoms with Crippen LogP contribution in [0.3, 0.4) is 0 Å². The number of rotatable bonds is 6. The molecule has 0 aromatic heterocycles. The molecule has 1 N–H and O–H groups in total. The molecular formula is C22H23NO2. The summed E-state index contributed by atoms with van der Waals surface area (Å²) in [6.07, 6.45) is 0.104. The lowest BCUT2D eigenvalue weighted by molar-refractivity contribution is -0.128. The molecule has 0 saturated heterocycles. The van der Waals surface area contributed by atoms with Crippen molar-refractivity contribution in [2.75, 3.05) is 0 Å². The average molecular weight is 333 g/mol. The van der Waals surface area contributed by atoms with Crippen LogP contribution in [0.5, 0.6) is 5.75 Å². The van der Waals surface area contributed by atoms with Gasteiger partial charge in [0, 0.05) is 0 Å². The summed E-state index contributed by atoms with van der Waals surface area (Å²) >= 11 is 0. The van der Waals surface area contributed by atoms with Gasteiger partial charge >= 0.3 is 0 Å². The zero-order chi connectivity index (χ0) is 17.6. The number of fused-ring (bicyclic) bond motifs is 1. The molecule has 3 aromatic rings. The minimum Gasteiger partial charge on any atom is -0.481 e. The highest BCUT2D eigenvalue weighted by atomic mass is 16.5. The lowest BCUT2D eigenvalue weighted by atomic mass is 10.1. The Morgan fingerprint density at radius 3 is 2.36 bits per heavy atom. The van der Waals surface area contributed by atoms with Crippen molar-refractivity contribution < 1.29 is 9.53 Å². The van der Waals surface area contributed by atoms with Crippen LogP contribution in [0.15, 0.2) is 72.8 Å². The first-order chi connectivity index (χ1) is 12.2. The van der Waals surface area contributed by atoms with Crippen molar-refractivity contribution in [3.8, 4) is 5.75 Å². The molecule has 25 heavy (non-hydrogen) atoms. The van der Waals surface area contributed by atoms with Gasteiger partial charge in [-0.15, -0.1) is 0 Å². The van der Waals surface area contributed by atoms with E-state index in [9.17, 15) is 4.79 Å². The number of carbonyl (C=O) groups excluding carboxylic acids is 1. The van der Waals surface area contributed by atoms with E-state index in [0.717, 1.165) is 16.3 Å². The number of carbonyl (C=O) groups is 1. The van der Waals surface area contributed by atoms with Crippen molar-refractivity contribution in [3.63, 3.8) is 0 Å². The van der Waals surface area contributed by atoms with Crippen LogP contribution in [0.1, 0.15) is 31.9 Å². The van der Waals surface area contributed by atoms with Crippen molar-refractivity contribution >= 4 is 16.7 Å². The van der Waals surface area contributed by atoms with Crippen molar-refractivity contribution in [2.45, 2.75) is 32.4 Å². The van der Waals surface area contributed by atoms with Crippen LogP contribution >= 0.6 is 0 Å². The molecule has 3 heteroatoms. The van der Waals surface area contributed by atoms with Gasteiger partial charge in [-0.3, -0.25) is 4.79 Å². The molecule has 0 bridgehead atoms. The Balaban J connectivity index is 1.69. The maximum absolute atomic E-state index is 12.6. The Kier molecular flexibility index (Phi) is 5.34. The topological polar surface area (TPSA) is 38.3 Å². The summed E-state index contributed by atoms with van der Waals surface area (Å²) in [5.74, 6) is 0.625. The van der Waals surface area contributed by atoms with E-state index in [1.54, 1.807) is 0 Å². The smallest absolute Gasteiger partial charge is 0.261 e. The van der Waals surface area contributed by atoms with Crippen molar-refractivity contribution in [1.29, 1.82) is 0 Å². The monoisotopic (exact) mass is 333 g/mol. The molecule has 1 amide bonds. The van der Waals surface area contributed by atoms with Gasteiger partial charge in [0.2, 0.25) is 0 Å². The molecule has 2 atom stereocenters. The van der Waals surface area contributed by atoms with Crippen molar-refractivity contribution in [1.82, 2.24) is 5.32 Å². The predicted octanol–water partition coefficient (Wildman–Crippen LogP) is 4.87. The molecule has 3 aromatic carbocycles. The highest BCUT2D eigenvalue weighted by Gasteiger charge is 2.20. The lowest BCUT2D eigenvalue weighted by Crippen LogP contribution is -2.39. The number of ether oxygens (including phenoxy) is 1. The summed E-state index contributed by atoms with van der Waals surface area (Å²) in [6, 6.07) is 23.9. The predicted molar refractivity (Wildman–Crippen MR) is 102 cm³/mol. The summed E-state index contributed by atoms with van der Waals surface area (Å²) < 4.78 is 5.96. The molecule has 0 spiro atoms. The third kappa shape index (κ3) is 4.18. The first kappa shape index (κ1) is 17.0. The summed E-state index contributed by atoms with van der Waals surface area (Å²) in [4.78, 5) is 12.6. The van der Waals surface area contributed by atoms with E-state index in [0.29, 0.717) is 12.2 Å². The highest BCUT2D eigenvalue weighted by molar-refractivity contribution is 5.84. The Bertz CT molecular complexity index is 845. The zero-order valence-corrected chi connectivity index (χ0v) is 14.6. The van der Waals surface area contributed by atoms with E-state index >= 15 is 0 Å². The maximum Gasteiger partial charge on any atom is 0.261 e. The summed E-state index contributed by atoms with van der Waals surface area (Å²) in [5, 5.41) is 5.30. The molecule has 0 radical (unpaired) electrons. The normalized spacial score (nSPS) is 13.2. The summed E-state index contributed by atoms with van der Waals surface area (Å²) in [5.41, 5.74) is 1.08. The van der Waals surface area contributed by atoms with Crippen LogP contribution in [0.25, 0.3) is 10.8 Å². The maximum atomic E-state index is 12.6. The minimum absolute atomic E-state index is 0.0528.